The Labute approximate surface area is 212 Å². The van der Waals surface area contributed by atoms with Crippen LogP contribution in [0.4, 0.5) is 4.79 Å². The monoisotopic (exact) mass is 502 g/mol. The van der Waals surface area contributed by atoms with Crippen LogP contribution in [0.5, 0.6) is 5.75 Å². The second kappa shape index (κ2) is 11.7. The number of hydrogen-bond donors (Lipinski definition) is 2. The van der Waals surface area contributed by atoms with Crippen molar-refractivity contribution >= 4 is 6.16 Å². The van der Waals surface area contributed by atoms with E-state index in [4.69, 9.17) is 23.7 Å². The molecule has 1 heterocycles. The highest BCUT2D eigenvalue weighted by Crippen LogP contribution is 2.45. The number of carbonyl (C=O) groups is 1. The third kappa shape index (κ3) is 6.41. The van der Waals surface area contributed by atoms with Gasteiger partial charge in [0.15, 0.2) is 0 Å². The molecule has 5 atom stereocenters. The zero-order valence-corrected chi connectivity index (χ0v) is 21.5. The third-order valence-electron chi connectivity index (χ3n) is 6.88. The average molecular weight is 503 g/mol. The molecule has 198 valence electrons. The first kappa shape index (κ1) is 26.5. The Balaban J connectivity index is 1.44. The van der Waals surface area contributed by atoms with E-state index >= 15 is 0 Å². The smallest absolute Gasteiger partial charge is 0.491 e. The van der Waals surface area contributed by atoms with Gasteiger partial charge >= 0.3 is 6.16 Å². The van der Waals surface area contributed by atoms with Crippen LogP contribution >= 0.6 is 0 Å². The second-order valence-corrected chi connectivity index (χ2v) is 10.1. The Morgan fingerprint density at radius 2 is 1.83 bits per heavy atom. The first-order chi connectivity index (χ1) is 17.3. The summed E-state index contributed by atoms with van der Waals surface area (Å²) < 4.78 is 27.9. The largest absolute Gasteiger partial charge is 0.508 e. The molecule has 2 N–H and O–H groups in total. The minimum atomic E-state index is -0.998. The lowest BCUT2D eigenvalue weighted by atomic mass is 9.85. The number of hydrogen-bond acceptors (Lipinski definition) is 8. The molecule has 0 radical (unpaired) electrons. The molecule has 8 nitrogen and oxygen atoms in total. The third-order valence-corrected chi connectivity index (χ3v) is 6.88. The van der Waals surface area contributed by atoms with E-state index in [2.05, 4.69) is 6.92 Å². The van der Waals surface area contributed by atoms with Crippen molar-refractivity contribution in [1.82, 2.24) is 0 Å². The van der Waals surface area contributed by atoms with E-state index in [0.717, 1.165) is 36.1 Å². The van der Waals surface area contributed by atoms with Crippen LogP contribution in [-0.2, 0) is 25.4 Å². The van der Waals surface area contributed by atoms with Crippen LogP contribution in [0.25, 0.3) is 0 Å². The molecule has 2 aliphatic carbocycles. The van der Waals surface area contributed by atoms with Crippen molar-refractivity contribution in [3.8, 4) is 5.75 Å². The summed E-state index contributed by atoms with van der Waals surface area (Å²) in [7, 11) is 0. The predicted octanol–water partition coefficient (Wildman–Crippen LogP) is 4.28. The van der Waals surface area contributed by atoms with E-state index in [0.29, 0.717) is 12.2 Å². The van der Waals surface area contributed by atoms with Crippen molar-refractivity contribution in [3.63, 3.8) is 0 Å². The average Bonchev–Trinajstić information content (AvgIpc) is 3.61. The number of ether oxygens (including phenoxy) is 5. The summed E-state index contributed by atoms with van der Waals surface area (Å²) in [5.41, 5.74) is 3.37. The van der Waals surface area contributed by atoms with E-state index in [-0.39, 0.29) is 25.2 Å². The molecule has 0 amide bonds. The van der Waals surface area contributed by atoms with E-state index < -0.39 is 36.7 Å². The van der Waals surface area contributed by atoms with Crippen molar-refractivity contribution in [2.45, 2.75) is 84.1 Å². The Kier molecular flexibility index (Phi) is 8.59. The number of aliphatic hydroxyl groups excluding tert-OH is 2. The molecule has 3 aliphatic rings. The summed E-state index contributed by atoms with van der Waals surface area (Å²) in [5.74, 6) is 1.28. The SMILES string of the molecule is CCOC(=O)OCC1O[C@@H](OC2=CCC(C)=C2Cc2ccc(OC(C)C)cc2)[C@H](O)C(C2CC2)[C@@H]1O. The molecule has 1 aromatic rings. The number of rotatable bonds is 10. The van der Waals surface area contributed by atoms with E-state index in [1.54, 1.807) is 6.92 Å². The van der Waals surface area contributed by atoms with Gasteiger partial charge in [-0.05, 0) is 82.2 Å². The highest BCUT2D eigenvalue weighted by atomic mass is 16.7. The van der Waals surface area contributed by atoms with Crippen molar-refractivity contribution < 1.29 is 38.7 Å². The minimum Gasteiger partial charge on any atom is -0.491 e. The lowest BCUT2D eigenvalue weighted by molar-refractivity contribution is -0.281. The van der Waals surface area contributed by atoms with Gasteiger partial charge in [0.2, 0.25) is 6.29 Å². The topological polar surface area (TPSA) is 104 Å². The van der Waals surface area contributed by atoms with Crippen LogP contribution < -0.4 is 4.74 Å². The first-order valence-electron chi connectivity index (χ1n) is 12.9. The van der Waals surface area contributed by atoms with Crippen LogP contribution in [-0.4, -0.2) is 60.3 Å². The van der Waals surface area contributed by atoms with Gasteiger partial charge in [-0.2, -0.15) is 0 Å². The Hall–Kier alpha value is -2.55. The molecule has 2 unspecified atom stereocenters. The molecule has 4 rings (SSSR count). The lowest BCUT2D eigenvalue weighted by Gasteiger charge is -2.42. The van der Waals surface area contributed by atoms with Crippen LogP contribution in [0.2, 0.25) is 0 Å². The quantitative estimate of drug-likeness (QED) is 0.457. The maximum absolute atomic E-state index is 11.7. The number of allylic oxidation sites excluding steroid dienone is 3. The maximum Gasteiger partial charge on any atom is 0.508 e. The van der Waals surface area contributed by atoms with Gasteiger partial charge in [0, 0.05) is 12.3 Å². The van der Waals surface area contributed by atoms with Gasteiger partial charge in [-0.3, -0.25) is 0 Å². The molecule has 1 saturated heterocycles. The van der Waals surface area contributed by atoms with Gasteiger partial charge in [0.25, 0.3) is 0 Å². The van der Waals surface area contributed by atoms with E-state index in [1.807, 2.05) is 44.2 Å². The fraction of sp³-hybridized carbons (Fsp3) is 0.607. The molecule has 2 fully saturated rings. The van der Waals surface area contributed by atoms with Gasteiger partial charge in [-0.15, -0.1) is 0 Å². The summed E-state index contributed by atoms with van der Waals surface area (Å²) >= 11 is 0. The summed E-state index contributed by atoms with van der Waals surface area (Å²) in [4.78, 5) is 11.7. The van der Waals surface area contributed by atoms with Gasteiger partial charge in [-0.25, -0.2) is 4.79 Å². The Bertz CT molecular complexity index is 962. The molecular weight excluding hydrogens is 464 g/mol. The highest BCUT2D eigenvalue weighted by molar-refractivity contribution is 5.59. The molecule has 1 saturated carbocycles. The van der Waals surface area contributed by atoms with Crippen LogP contribution in [0.1, 0.15) is 52.5 Å². The van der Waals surface area contributed by atoms with Crippen molar-refractivity contribution in [2.75, 3.05) is 13.2 Å². The molecule has 1 aromatic carbocycles. The van der Waals surface area contributed by atoms with Gasteiger partial charge < -0.3 is 33.9 Å². The first-order valence-corrected chi connectivity index (χ1v) is 12.9. The predicted molar refractivity (Wildman–Crippen MR) is 132 cm³/mol. The van der Waals surface area contributed by atoms with Gasteiger partial charge in [-0.1, -0.05) is 17.7 Å². The fourth-order valence-electron chi connectivity index (χ4n) is 4.90. The highest BCUT2D eigenvalue weighted by Gasteiger charge is 2.52. The number of carbonyl (C=O) groups excluding carboxylic acids is 1. The molecule has 1 aliphatic heterocycles. The van der Waals surface area contributed by atoms with Crippen molar-refractivity contribution in [2.24, 2.45) is 11.8 Å². The Morgan fingerprint density at radius 1 is 1.11 bits per heavy atom. The molecule has 36 heavy (non-hydrogen) atoms. The van der Waals surface area contributed by atoms with Gasteiger partial charge in [0.05, 0.1) is 18.8 Å². The summed E-state index contributed by atoms with van der Waals surface area (Å²) in [6, 6.07) is 8.02. The van der Waals surface area contributed by atoms with Crippen LogP contribution in [0.3, 0.4) is 0 Å². The zero-order chi connectivity index (χ0) is 25.8. The molecule has 0 aromatic heterocycles. The number of aliphatic hydroxyl groups is 2. The fourth-order valence-corrected chi connectivity index (χ4v) is 4.90. The molecular formula is C28H38O8. The number of benzene rings is 1. The molecule has 0 bridgehead atoms. The second-order valence-electron chi connectivity index (χ2n) is 10.1. The minimum absolute atomic E-state index is 0.116. The maximum atomic E-state index is 11.7. The standard InChI is InChI=1S/C28H38O8/c1-5-32-28(31)33-15-23-25(29)24(19-9-10-19)26(30)27(36-23)35-22-13-6-17(4)21(22)14-18-7-11-20(12-8-18)34-16(2)3/h7-8,11-13,16,19,23-27,29-30H,5-6,9-10,14-15H2,1-4H3/t23?,24?,25-,26-,27-/m1/s1. The zero-order valence-electron chi connectivity index (χ0n) is 21.5. The van der Waals surface area contributed by atoms with Crippen molar-refractivity contribution in [3.05, 3.63) is 52.8 Å². The Morgan fingerprint density at radius 3 is 2.47 bits per heavy atom. The van der Waals surface area contributed by atoms with Crippen molar-refractivity contribution in [1.29, 1.82) is 0 Å². The van der Waals surface area contributed by atoms with E-state index in [9.17, 15) is 15.0 Å². The molecule has 0 spiro atoms. The lowest BCUT2D eigenvalue weighted by Crippen LogP contribution is -2.57. The summed E-state index contributed by atoms with van der Waals surface area (Å²) in [5, 5.41) is 22.0. The normalized spacial score (nSPS) is 28.2. The molecule has 8 heteroatoms. The van der Waals surface area contributed by atoms with E-state index in [1.165, 1.54) is 5.57 Å². The van der Waals surface area contributed by atoms with Crippen LogP contribution in [0.15, 0.2) is 47.2 Å². The summed E-state index contributed by atoms with van der Waals surface area (Å²) in [6.07, 6.45) is 0.817. The van der Waals surface area contributed by atoms with Gasteiger partial charge in [0.1, 0.15) is 30.3 Å². The summed E-state index contributed by atoms with van der Waals surface area (Å²) in [6.45, 7) is 7.77. The van der Waals surface area contributed by atoms with Crippen LogP contribution in [0, 0.1) is 11.8 Å².